The summed E-state index contributed by atoms with van der Waals surface area (Å²) in [5.41, 5.74) is 2.48. The first-order valence-electron chi connectivity index (χ1n) is 6.84. The van der Waals surface area contributed by atoms with Crippen molar-refractivity contribution in [2.75, 3.05) is 5.32 Å². The Labute approximate surface area is 127 Å². The van der Waals surface area contributed by atoms with E-state index >= 15 is 0 Å². The maximum atomic E-state index is 3.61. The molecule has 0 atom stereocenters. The Balaban J connectivity index is 1.90. The summed E-state index contributed by atoms with van der Waals surface area (Å²) in [6, 6.07) is 16.9. The van der Waals surface area contributed by atoms with Gasteiger partial charge in [0.05, 0.1) is 6.54 Å². The fraction of sp³-hybridized carbons (Fsp3) is 0.176. The summed E-state index contributed by atoms with van der Waals surface area (Å²) < 4.78 is 3.39. The molecule has 0 saturated heterocycles. The average Bonchev–Trinajstić information content (AvgIpc) is 2.94. The molecular weight excluding hydrogens is 312 g/mol. The molecular formula is C17H17BrN2. The fourth-order valence-electron chi connectivity index (χ4n) is 2.52. The highest BCUT2D eigenvalue weighted by Crippen LogP contribution is 2.30. The van der Waals surface area contributed by atoms with E-state index in [1.165, 1.54) is 22.2 Å². The Morgan fingerprint density at radius 1 is 1.00 bits per heavy atom. The predicted molar refractivity (Wildman–Crippen MR) is 89.1 cm³/mol. The zero-order chi connectivity index (χ0) is 13.9. The minimum Gasteiger partial charge on any atom is -0.379 e. The molecule has 0 aliphatic carbocycles. The summed E-state index contributed by atoms with van der Waals surface area (Å²) in [5, 5.41) is 6.04. The highest BCUT2D eigenvalue weighted by molar-refractivity contribution is 9.10. The van der Waals surface area contributed by atoms with E-state index in [4.69, 9.17) is 0 Å². The molecule has 3 heteroatoms. The van der Waals surface area contributed by atoms with Crippen LogP contribution >= 0.6 is 15.9 Å². The van der Waals surface area contributed by atoms with Crippen molar-refractivity contribution in [3.05, 3.63) is 64.9 Å². The molecule has 2 aromatic carbocycles. The van der Waals surface area contributed by atoms with E-state index in [9.17, 15) is 0 Å². The summed E-state index contributed by atoms with van der Waals surface area (Å²) in [7, 11) is 0. The molecule has 0 aliphatic heterocycles. The van der Waals surface area contributed by atoms with E-state index in [1.54, 1.807) is 0 Å². The number of nitrogens with one attached hydrogen (secondary N) is 1. The van der Waals surface area contributed by atoms with Gasteiger partial charge in [-0.05, 0) is 36.6 Å². The lowest BCUT2D eigenvalue weighted by atomic mass is 10.1. The molecule has 3 rings (SSSR count). The molecule has 0 radical (unpaired) electrons. The lowest BCUT2D eigenvalue weighted by Gasteiger charge is -2.12. The summed E-state index contributed by atoms with van der Waals surface area (Å²) in [4.78, 5) is 0. The number of hydrogen-bond acceptors (Lipinski definition) is 1. The van der Waals surface area contributed by atoms with E-state index < -0.39 is 0 Å². The maximum Gasteiger partial charge on any atom is 0.0553 e. The topological polar surface area (TPSA) is 17.0 Å². The molecule has 1 aromatic heterocycles. The minimum atomic E-state index is 0.840. The van der Waals surface area contributed by atoms with Crippen molar-refractivity contribution < 1.29 is 0 Å². The Kier molecular flexibility index (Phi) is 3.79. The zero-order valence-electron chi connectivity index (χ0n) is 11.4. The van der Waals surface area contributed by atoms with Crippen molar-refractivity contribution >= 4 is 32.4 Å². The summed E-state index contributed by atoms with van der Waals surface area (Å²) in [6.45, 7) is 4.01. The van der Waals surface area contributed by atoms with Crippen LogP contribution < -0.4 is 5.32 Å². The van der Waals surface area contributed by atoms with Crippen LogP contribution in [0.4, 0.5) is 5.69 Å². The van der Waals surface area contributed by atoms with Gasteiger partial charge in [-0.15, -0.1) is 0 Å². The number of halogens is 1. The Morgan fingerprint density at radius 2 is 1.80 bits per heavy atom. The van der Waals surface area contributed by atoms with Crippen LogP contribution in [-0.2, 0) is 13.1 Å². The van der Waals surface area contributed by atoms with Crippen LogP contribution in [0.1, 0.15) is 12.6 Å². The van der Waals surface area contributed by atoms with Crippen LogP contribution in [0.5, 0.6) is 0 Å². The number of aromatic nitrogens is 1. The first-order valence-corrected chi connectivity index (χ1v) is 7.64. The van der Waals surface area contributed by atoms with Gasteiger partial charge in [0, 0.05) is 34.0 Å². The molecule has 20 heavy (non-hydrogen) atoms. The second kappa shape index (κ2) is 5.71. The standard InChI is InChI=1S/C17H17BrN2/c1-2-20-11-5-6-13(20)12-19-17-10-9-16(18)14-7-3-4-8-15(14)17/h3-11,19H,2,12H2,1H3. The lowest BCUT2D eigenvalue weighted by molar-refractivity contribution is 0.724. The van der Waals surface area contributed by atoms with Gasteiger partial charge in [-0.2, -0.15) is 0 Å². The molecule has 2 nitrogen and oxygen atoms in total. The number of benzene rings is 2. The molecule has 0 saturated carbocycles. The molecule has 0 aliphatic rings. The van der Waals surface area contributed by atoms with Gasteiger partial charge in [0.1, 0.15) is 0 Å². The molecule has 1 heterocycles. The molecule has 0 bridgehead atoms. The quantitative estimate of drug-likeness (QED) is 0.710. The molecule has 0 unspecified atom stereocenters. The van der Waals surface area contributed by atoms with Gasteiger partial charge in [-0.25, -0.2) is 0 Å². The molecule has 3 aromatic rings. The van der Waals surface area contributed by atoms with E-state index in [-0.39, 0.29) is 0 Å². The van der Waals surface area contributed by atoms with Crippen LogP contribution in [0.3, 0.4) is 0 Å². The van der Waals surface area contributed by atoms with Gasteiger partial charge in [0.25, 0.3) is 0 Å². The van der Waals surface area contributed by atoms with E-state index in [2.05, 4.69) is 87.5 Å². The molecule has 0 fully saturated rings. The maximum absolute atomic E-state index is 3.61. The van der Waals surface area contributed by atoms with Gasteiger partial charge in [-0.3, -0.25) is 0 Å². The third-order valence-electron chi connectivity index (χ3n) is 3.60. The van der Waals surface area contributed by atoms with Gasteiger partial charge < -0.3 is 9.88 Å². The first-order chi connectivity index (χ1) is 9.79. The van der Waals surface area contributed by atoms with Crippen molar-refractivity contribution in [3.8, 4) is 0 Å². The number of fused-ring (bicyclic) bond motifs is 1. The van der Waals surface area contributed by atoms with Crippen LogP contribution in [0.25, 0.3) is 10.8 Å². The lowest BCUT2D eigenvalue weighted by Crippen LogP contribution is -2.06. The molecule has 0 amide bonds. The van der Waals surface area contributed by atoms with Crippen molar-refractivity contribution in [1.82, 2.24) is 4.57 Å². The van der Waals surface area contributed by atoms with Crippen LogP contribution in [0.2, 0.25) is 0 Å². The number of rotatable bonds is 4. The number of nitrogens with zero attached hydrogens (tertiary/aromatic N) is 1. The molecule has 1 N–H and O–H groups in total. The van der Waals surface area contributed by atoms with Crippen LogP contribution in [0, 0.1) is 0 Å². The van der Waals surface area contributed by atoms with Gasteiger partial charge in [-0.1, -0.05) is 40.2 Å². The van der Waals surface area contributed by atoms with Crippen molar-refractivity contribution in [2.24, 2.45) is 0 Å². The third kappa shape index (κ3) is 2.46. The molecule has 102 valence electrons. The van der Waals surface area contributed by atoms with Crippen LogP contribution in [-0.4, -0.2) is 4.57 Å². The highest BCUT2D eigenvalue weighted by Gasteiger charge is 2.05. The number of hydrogen-bond donors (Lipinski definition) is 1. The monoisotopic (exact) mass is 328 g/mol. The third-order valence-corrected chi connectivity index (χ3v) is 4.29. The Hall–Kier alpha value is -1.74. The van der Waals surface area contributed by atoms with E-state index in [0.29, 0.717) is 0 Å². The second-order valence-corrected chi connectivity index (χ2v) is 5.63. The summed E-state index contributed by atoms with van der Waals surface area (Å²) in [5.74, 6) is 0. The number of aryl methyl sites for hydroxylation is 1. The van der Waals surface area contributed by atoms with Gasteiger partial charge in [0.2, 0.25) is 0 Å². The summed E-state index contributed by atoms with van der Waals surface area (Å²) in [6.07, 6.45) is 2.12. The second-order valence-electron chi connectivity index (χ2n) is 4.78. The average molecular weight is 329 g/mol. The fourth-order valence-corrected chi connectivity index (χ4v) is 3.00. The summed E-state index contributed by atoms with van der Waals surface area (Å²) >= 11 is 3.61. The largest absolute Gasteiger partial charge is 0.379 e. The predicted octanol–water partition coefficient (Wildman–Crippen LogP) is 5.04. The van der Waals surface area contributed by atoms with Crippen LogP contribution in [0.15, 0.2) is 59.2 Å². The van der Waals surface area contributed by atoms with Crippen molar-refractivity contribution in [1.29, 1.82) is 0 Å². The first kappa shape index (κ1) is 13.3. The molecule has 0 spiro atoms. The zero-order valence-corrected chi connectivity index (χ0v) is 13.0. The normalized spacial score (nSPS) is 10.9. The SMILES string of the molecule is CCn1cccc1CNc1ccc(Br)c2ccccc12. The smallest absolute Gasteiger partial charge is 0.0553 e. The van der Waals surface area contributed by atoms with Crippen molar-refractivity contribution in [3.63, 3.8) is 0 Å². The van der Waals surface area contributed by atoms with E-state index in [0.717, 1.165) is 17.6 Å². The Bertz CT molecular complexity index is 731. The Morgan fingerprint density at radius 3 is 2.60 bits per heavy atom. The number of anilines is 1. The van der Waals surface area contributed by atoms with Gasteiger partial charge >= 0.3 is 0 Å². The van der Waals surface area contributed by atoms with E-state index in [1.807, 2.05) is 0 Å². The van der Waals surface area contributed by atoms with Gasteiger partial charge in [0.15, 0.2) is 0 Å². The minimum absolute atomic E-state index is 0.840. The van der Waals surface area contributed by atoms with Crippen molar-refractivity contribution in [2.45, 2.75) is 20.0 Å². The highest BCUT2D eigenvalue weighted by atomic mass is 79.9.